The van der Waals surface area contributed by atoms with E-state index in [2.05, 4.69) is 0 Å². The fourth-order valence-electron chi connectivity index (χ4n) is 0. The summed E-state index contributed by atoms with van der Waals surface area (Å²) in [6.45, 7) is 0. The summed E-state index contributed by atoms with van der Waals surface area (Å²) in [5.41, 5.74) is 0. The van der Waals surface area contributed by atoms with Crippen LogP contribution in [0.25, 0.3) is 0 Å². The molecule has 0 saturated carbocycles. The van der Waals surface area contributed by atoms with Gasteiger partial charge >= 0.3 is 99.1 Å². The molecule has 46 valence electrons. The standard InChI is InChI=1S/3Na.H2O4S.H2O.3H/c;;;1-5(2,3)4;;;;/h;;;(H2,1,2,3,4);1H2;;;/q3*+1;;;3*-1. The first-order valence-corrected chi connectivity index (χ1v) is 2.10. The summed E-state index contributed by atoms with van der Waals surface area (Å²) in [5.74, 6) is 0. The van der Waals surface area contributed by atoms with Gasteiger partial charge in [0.1, 0.15) is 0 Å². The Kier molecular flexibility index (Phi) is 44.4. The van der Waals surface area contributed by atoms with Crippen LogP contribution < -0.4 is 88.7 Å². The quantitative estimate of drug-likeness (QED) is 0.291. The van der Waals surface area contributed by atoms with Crippen molar-refractivity contribution in [3.63, 3.8) is 0 Å². The van der Waals surface area contributed by atoms with Crippen LogP contribution >= 0.6 is 0 Å². The molecule has 0 atom stereocenters. The Morgan fingerprint density at radius 2 is 1.00 bits per heavy atom. The largest absolute Gasteiger partial charge is 1.00 e. The molecule has 0 radical (unpaired) electrons. The van der Waals surface area contributed by atoms with Crippen molar-refractivity contribution in [3.8, 4) is 0 Å². The van der Waals surface area contributed by atoms with Crippen LogP contribution in [0.15, 0.2) is 0 Å². The van der Waals surface area contributed by atoms with Crippen LogP contribution in [-0.2, 0) is 10.4 Å². The van der Waals surface area contributed by atoms with Gasteiger partial charge < -0.3 is 9.76 Å². The van der Waals surface area contributed by atoms with Gasteiger partial charge in [-0.25, -0.2) is 0 Å². The third-order valence-electron chi connectivity index (χ3n) is 0. The Hall–Kier alpha value is 2.83. The molecular formula is H7Na3O5S. The summed E-state index contributed by atoms with van der Waals surface area (Å²) in [4.78, 5) is 0. The van der Waals surface area contributed by atoms with E-state index in [9.17, 15) is 0 Å². The Bertz CT molecular complexity index is 105. The molecule has 0 fully saturated rings. The SMILES string of the molecule is O.O=S(=O)(O)O.[H-].[H-].[H-].[Na+].[Na+].[Na+]. The maximum atomic E-state index is 8.74. The van der Waals surface area contributed by atoms with Crippen LogP contribution in [0, 0.1) is 0 Å². The molecule has 0 saturated heterocycles. The molecule has 0 aliphatic carbocycles. The molecule has 5 nitrogen and oxygen atoms in total. The summed E-state index contributed by atoms with van der Waals surface area (Å²) < 4.78 is 31.6. The van der Waals surface area contributed by atoms with E-state index in [-0.39, 0.29) is 98.4 Å². The summed E-state index contributed by atoms with van der Waals surface area (Å²) in [6, 6.07) is 0. The van der Waals surface area contributed by atoms with Crippen molar-refractivity contribution >= 4 is 10.4 Å². The predicted molar refractivity (Wildman–Crippen MR) is 21.1 cm³/mol. The van der Waals surface area contributed by atoms with Crippen LogP contribution in [0.4, 0.5) is 0 Å². The normalized spacial score (nSPS) is 6.44. The monoisotopic (exact) mass is 188 g/mol. The molecular weight excluding hydrogens is 181 g/mol. The van der Waals surface area contributed by atoms with E-state index in [0.29, 0.717) is 0 Å². The number of hydrogen-bond donors (Lipinski definition) is 2. The van der Waals surface area contributed by atoms with Crippen molar-refractivity contribution in [1.29, 1.82) is 0 Å². The van der Waals surface area contributed by atoms with E-state index < -0.39 is 10.4 Å². The average molecular weight is 188 g/mol. The van der Waals surface area contributed by atoms with Gasteiger partial charge in [0.2, 0.25) is 0 Å². The molecule has 0 aromatic carbocycles. The smallest absolute Gasteiger partial charge is 1.00 e. The van der Waals surface area contributed by atoms with E-state index in [4.69, 9.17) is 17.5 Å². The van der Waals surface area contributed by atoms with Gasteiger partial charge in [-0.1, -0.05) is 0 Å². The first kappa shape index (κ1) is 29.7. The minimum atomic E-state index is -4.67. The molecule has 0 bridgehead atoms. The molecule has 9 heavy (non-hydrogen) atoms. The zero-order valence-electron chi connectivity index (χ0n) is 8.62. The molecule has 4 N–H and O–H groups in total. The van der Waals surface area contributed by atoms with Gasteiger partial charge in [-0.3, -0.25) is 9.11 Å². The Morgan fingerprint density at radius 1 is 1.00 bits per heavy atom. The summed E-state index contributed by atoms with van der Waals surface area (Å²) in [5, 5.41) is 0. The second-order valence-electron chi connectivity index (χ2n) is 0.448. The zero-order valence-corrected chi connectivity index (χ0v) is 12.4. The second-order valence-corrected chi connectivity index (χ2v) is 1.34. The maximum absolute atomic E-state index is 8.74. The van der Waals surface area contributed by atoms with Crippen molar-refractivity contribution in [1.82, 2.24) is 0 Å². The second kappa shape index (κ2) is 13.4. The van der Waals surface area contributed by atoms with E-state index in [1.54, 1.807) is 0 Å². The topological polar surface area (TPSA) is 106 Å². The minimum absolute atomic E-state index is 0. The van der Waals surface area contributed by atoms with Crippen LogP contribution in [0.3, 0.4) is 0 Å². The van der Waals surface area contributed by atoms with Gasteiger partial charge in [-0.15, -0.1) is 0 Å². The van der Waals surface area contributed by atoms with Gasteiger partial charge in [-0.2, -0.15) is 8.42 Å². The third kappa shape index (κ3) is 105. The molecule has 0 rings (SSSR count). The summed E-state index contributed by atoms with van der Waals surface area (Å²) in [7, 11) is -4.67. The van der Waals surface area contributed by atoms with Crippen molar-refractivity contribution in [2.45, 2.75) is 0 Å². The van der Waals surface area contributed by atoms with Crippen LogP contribution in [0.2, 0.25) is 0 Å². The molecule has 0 unspecified atom stereocenters. The average Bonchev–Trinajstić information content (AvgIpc) is 0.722. The van der Waals surface area contributed by atoms with Crippen LogP contribution in [0.5, 0.6) is 0 Å². The number of rotatable bonds is 0. The van der Waals surface area contributed by atoms with E-state index in [1.165, 1.54) is 0 Å². The van der Waals surface area contributed by atoms with E-state index in [0.717, 1.165) is 0 Å². The molecule has 0 spiro atoms. The third-order valence-corrected chi connectivity index (χ3v) is 0. The Balaban J connectivity index is -0.00000000381. The van der Waals surface area contributed by atoms with Crippen molar-refractivity contribution < 1.29 is 116 Å². The van der Waals surface area contributed by atoms with Gasteiger partial charge in [0.15, 0.2) is 0 Å². The maximum Gasteiger partial charge on any atom is 1.00 e. The number of hydrogen-bond acceptors (Lipinski definition) is 2. The first-order valence-electron chi connectivity index (χ1n) is 0.698. The van der Waals surface area contributed by atoms with E-state index in [1.807, 2.05) is 0 Å². The summed E-state index contributed by atoms with van der Waals surface area (Å²) >= 11 is 0. The van der Waals surface area contributed by atoms with Gasteiger partial charge in [0.25, 0.3) is 0 Å². The fraction of sp³-hybridized carbons (Fsp3) is 0. The molecule has 0 aromatic rings. The van der Waals surface area contributed by atoms with Gasteiger partial charge in [0, 0.05) is 0 Å². The minimum Gasteiger partial charge on any atom is -1.00 e. The predicted octanol–water partition coefficient (Wildman–Crippen LogP) is -10.1. The molecule has 0 aliphatic rings. The molecule has 0 aliphatic heterocycles. The Labute approximate surface area is 124 Å². The van der Waals surface area contributed by atoms with Crippen molar-refractivity contribution in [2.75, 3.05) is 0 Å². The first-order chi connectivity index (χ1) is 2.00. The molecule has 0 aromatic heterocycles. The van der Waals surface area contributed by atoms with Crippen LogP contribution in [-0.4, -0.2) is 23.0 Å². The van der Waals surface area contributed by atoms with Crippen molar-refractivity contribution in [3.05, 3.63) is 0 Å². The molecule has 0 heterocycles. The Morgan fingerprint density at radius 3 is 1.00 bits per heavy atom. The fourth-order valence-corrected chi connectivity index (χ4v) is 0. The van der Waals surface area contributed by atoms with Crippen LogP contribution in [0.1, 0.15) is 4.28 Å². The zero-order chi connectivity index (χ0) is 4.50. The van der Waals surface area contributed by atoms with Crippen molar-refractivity contribution in [2.24, 2.45) is 0 Å². The van der Waals surface area contributed by atoms with Gasteiger partial charge in [-0.05, 0) is 0 Å². The summed E-state index contributed by atoms with van der Waals surface area (Å²) in [6.07, 6.45) is 0. The van der Waals surface area contributed by atoms with Gasteiger partial charge in [0.05, 0.1) is 0 Å². The van der Waals surface area contributed by atoms with E-state index >= 15 is 0 Å². The molecule has 9 heteroatoms. The molecule has 0 amide bonds.